The number of anilines is 2. The van der Waals surface area contributed by atoms with Crippen molar-refractivity contribution >= 4 is 31.5 Å². The van der Waals surface area contributed by atoms with Crippen LogP contribution in [0.2, 0.25) is 25.7 Å². The van der Waals surface area contributed by atoms with E-state index in [1.807, 2.05) is 0 Å². The molecule has 0 radical (unpaired) electrons. The number of ether oxygens (including phenoxy) is 2. The van der Waals surface area contributed by atoms with Crippen LogP contribution in [-0.4, -0.2) is 57.4 Å². The van der Waals surface area contributed by atoms with Crippen LogP contribution in [0.1, 0.15) is 6.42 Å². The zero-order chi connectivity index (χ0) is 18.9. The van der Waals surface area contributed by atoms with Gasteiger partial charge < -0.3 is 15.2 Å². The van der Waals surface area contributed by atoms with Gasteiger partial charge in [0.15, 0.2) is 18.2 Å². The molecule has 3 rings (SSSR count). The quantitative estimate of drug-likeness (QED) is 0.590. The SMILES string of the molecule is C[Si](C)(C)CCOCN1C(=O)COc2ccc(N3C[C@H](N)CC3=O)nc21. The van der Waals surface area contributed by atoms with Gasteiger partial charge in [0.1, 0.15) is 12.5 Å². The second-order valence-corrected chi connectivity index (χ2v) is 13.5. The number of pyridine rings is 1. The molecule has 1 aromatic heterocycles. The molecule has 9 heteroatoms. The van der Waals surface area contributed by atoms with Gasteiger partial charge in [0.25, 0.3) is 5.91 Å². The van der Waals surface area contributed by atoms with Crippen LogP contribution in [-0.2, 0) is 14.3 Å². The van der Waals surface area contributed by atoms with Crippen LogP contribution < -0.4 is 20.3 Å². The van der Waals surface area contributed by atoms with E-state index in [0.29, 0.717) is 37.0 Å². The van der Waals surface area contributed by atoms with Gasteiger partial charge in [-0.05, 0) is 18.2 Å². The maximum absolute atomic E-state index is 12.3. The summed E-state index contributed by atoms with van der Waals surface area (Å²) in [6.45, 7) is 7.94. The van der Waals surface area contributed by atoms with Crippen LogP contribution in [0, 0.1) is 0 Å². The third-order valence-electron chi connectivity index (χ3n) is 4.38. The fourth-order valence-electron chi connectivity index (χ4n) is 2.84. The van der Waals surface area contributed by atoms with E-state index in [1.54, 1.807) is 17.0 Å². The van der Waals surface area contributed by atoms with E-state index in [2.05, 4.69) is 24.6 Å². The smallest absolute Gasteiger partial charge is 0.268 e. The average Bonchev–Trinajstić information content (AvgIpc) is 2.90. The lowest BCUT2D eigenvalue weighted by molar-refractivity contribution is -0.122. The molecular weight excluding hydrogens is 352 g/mol. The molecule has 1 saturated heterocycles. The summed E-state index contributed by atoms with van der Waals surface area (Å²) in [5, 5.41) is 0. The van der Waals surface area contributed by atoms with Crippen LogP contribution in [0.5, 0.6) is 5.75 Å². The lowest BCUT2D eigenvalue weighted by atomic mass is 10.3. The Hall–Kier alpha value is -1.97. The lowest BCUT2D eigenvalue weighted by Gasteiger charge is -2.29. The molecule has 8 nitrogen and oxygen atoms in total. The normalized spacial score (nSPS) is 20.4. The Labute approximate surface area is 154 Å². The second-order valence-electron chi connectivity index (χ2n) is 7.92. The first-order valence-corrected chi connectivity index (χ1v) is 12.5. The van der Waals surface area contributed by atoms with Gasteiger partial charge >= 0.3 is 0 Å². The molecule has 0 spiro atoms. The summed E-state index contributed by atoms with van der Waals surface area (Å²) in [5.41, 5.74) is 5.86. The van der Waals surface area contributed by atoms with Gasteiger partial charge in [0.05, 0.1) is 0 Å². The van der Waals surface area contributed by atoms with Gasteiger partial charge in [-0.25, -0.2) is 4.98 Å². The zero-order valence-corrected chi connectivity index (χ0v) is 16.5. The fourth-order valence-corrected chi connectivity index (χ4v) is 3.60. The number of fused-ring (bicyclic) bond motifs is 1. The number of rotatable bonds is 6. The molecule has 0 saturated carbocycles. The molecule has 1 fully saturated rings. The Balaban J connectivity index is 1.75. The molecule has 3 heterocycles. The van der Waals surface area contributed by atoms with Crippen molar-refractivity contribution in [3.63, 3.8) is 0 Å². The Kier molecular flexibility index (Phi) is 5.31. The highest BCUT2D eigenvalue weighted by Crippen LogP contribution is 2.33. The first-order chi connectivity index (χ1) is 12.2. The van der Waals surface area contributed by atoms with Gasteiger partial charge in [-0.3, -0.25) is 19.4 Å². The van der Waals surface area contributed by atoms with E-state index in [4.69, 9.17) is 15.2 Å². The number of aromatic nitrogens is 1. The summed E-state index contributed by atoms with van der Waals surface area (Å²) < 4.78 is 11.2. The molecule has 2 aliphatic heterocycles. The van der Waals surface area contributed by atoms with E-state index in [-0.39, 0.29) is 31.2 Å². The Bertz CT molecular complexity index is 706. The molecule has 2 N–H and O–H groups in total. The summed E-state index contributed by atoms with van der Waals surface area (Å²) in [4.78, 5) is 31.9. The molecule has 1 aromatic rings. The van der Waals surface area contributed by atoms with Crippen LogP contribution in [0.4, 0.5) is 11.6 Å². The molecule has 2 amide bonds. The number of nitrogens with zero attached hydrogens (tertiary/aromatic N) is 3. The average molecular weight is 379 g/mol. The highest BCUT2D eigenvalue weighted by molar-refractivity contribution is 6.76. The highest BCUT2D eigenvalue weighted by atomic mass is 28.3. The Morgan fingerprint density at radius 2 is 2.08 bits per heavy atom. The maximum Gasteiger partial charge on any atom is 0.268 e. The summed E-state index contributed by atoms with van der Waals surface area (Å²) >= 11 is 0. The van der Waals surface area contributed by atoms with E-state index < -0.39 is 8.07 Å². The van der Waals surface area contributed by atoms with Crippen molar-refractivity contribution in [1.29, 1.82) is 0 Å². The predicted molar refractivity (Wildman–Crippen MR) is 101 cm³/mol. The number of hydrogen-bond donors (Lipinski definition) is 1. The topological polar surface area (TPSA) is 98.0 Å². The standard InChI is InChI=1S/C17H26N4O4Si/c1-26(2,3)7-6-24-11-21-16(23)10-25-13-4-5-14(19-17(13)21)20-9-12(18)8-15(20)22/h4-5,12H,6-11,18H2,1-3H3/t12-/m1/s1. The predicted octanol–water partition coefficient (Wildman–Crippen LogP) is 1.18. The number of hydrogen-bond acceptors (Lipinski definition) is 6. The van der Waals surface area contributed by atoms with Crippen molar-refractivity contribution in [2.75, 3.05) is 36.3 Å². The lowest BCUT2D eigenvalue weighted by Crippen LogP contribution is -2.41. The Morgan fingerprint density at radius 1 is 1.31 bits per heavy atom. The van der Waals surface area contributed by atoms with Crippen molar-refractivity contribution in [2.24, 2.45) is 5.73 Å². The molecular formula is C17H26N4O4Si. The first kappa shape index (κ1) is 18.8. The number of nitrogens with two attached hydrogens (primary N) is 1. The van der Waals surface area contributed by atoms with Crippen LogP contribution in [0.15, 0.2) is 12.1 Å². The molecule has 0 aromatic carbocycles. The van der Waals surface area contributed by atoms with Gasteiger partial charge in [-0.2, -0.15) is 0 Å². The van der Waals surface area contributed by atoms with Gasteiger partial charge in [0.2, 0.25) is 5.91 Å². The van der Waals surface area contributed by atoms with Crippen molar-refractivity contribution in [3.8, 4) is 5.75 Å². The van der Waals surface area contributed by atoms with Gasteiger partial charge in [-0.15, -0.1) is 0 Å². The van der Waals surface area contributed by atoms with Crippen molar-refractivity contribution in [2.45, 2.75) is 38.1 Å². The fraction of sp³-hybridized carbons (Fsp3) is 0.588. The largest absolute Gasteiger partial charge is 0.480 e. The summed E-state index contributed by atoms with van der Waals surface area (Å²) in [5.74, 6) is 1.11. The van der Waals surface area contributed by atoms with Crippen LogP contribution in [0.25, 0.3) is 0 Å². The molecule has 142 valence electrons. The number of carbonyl (C=O) groups excluding carboxylic acids is 2. The van der Waals surface area contributed by atoms with E-state index in [1.165, 1.54) is 4.90 Å². The van der Waals surface area contributed by atoms with Crippen molar-refractivity contribution < 1.29 is 19.1 Å². The highest BCUT2D eigenvalue weighted by Gasteiger charge is 2.32. The van der Waals surface area contributed by atoms with Gasteiger partial charge in [0, 0.05) is 33.7 Å². The first-order valence-electron chi connectivity index (χ1n) is 8.82. The molecule has 0 unspecified atom stereocenters. The molecule has 26 heavy (non-hydrogen) atoms. The van der Waals surface area contributed by atoms with Crippen LogP contribution in [0.3, 0.4) is 0 Å². The summed E-state index contributed by atoms with van der Waals surface area (Å²) in [6.07, 6.45) is 0.303. The number of carbonyl (C=O) groups is 2. The zero-order valence-electron chi connectivity index (χ0n) is 15.5. The molecule has 1 atom stereocenters. The third kappa shape index (κ3) is 4.22. The minimum absolute atomic E-state index is 0.0427. The van der Waals surface area contributed by atoms with Crippen molar-refractivity contribution in [3.05, 3.63) is 12.1 Å². The monoisotopic (exact) mass is 378 g/mol. The van der Waals surface area contributed by atoms with E-state index in [9.17, 15) is 9.59 Å². The summed E-state index contributed by atoms with van der Waals surface area (Å²) in [7, 11) is -1.20. The molecule has 0 bridgehead atoms. The molecule has 0 aliphatic carbocycles. The third-order valence-corrected chi connectivity index (χ3v) is 6.08. The van der Waals surface area contributed by atoms with E-state index in [0.717, 1.165) is 6.04 Å². The minimum Gasteiger partial charge on any atom is -0.480 e. The number of amides is 2. The van der Waals surface area contributed by atoms with E-state index >= 15 is 0 Å². The molecule has 2 aliphatic rings. The van der Waals surface area contributed by atoms with Crippen LogP contribution >= 0.6 is 0 Å². The second kappa shape index (κ2) is 7.34. The van der Waals surface area contributed by atoms with Gasteiger partial charge in [-0.1, -0.05) is 19.6 Å². The maximum atomic E-state index is 12.3. The summed E-state index contributed by atoms with van der Waals surface area (Å²) in [6, 6.07) is 4.27. The minimum atomic E-state index is -1.20. The Morgan fingerprint density at radius 3 is 2.73 bits per heavy atom. The van der Waals surface area contributed by atoms with Crippen molar-refractivity contribution in [1.82, 2.24) is 4.98 Å².